The van der Waals surface area contributed by atoms with Gasteiger partial charge in [-0.05, 0) is 42.5 Å². The van der Waals surface area contributed by atoms with Gasteiger partial charge >= 0.3 is 0 Å². The fourth-order valence-corrected chi connectivity index (χ4v) is 2.33. The van der Waals surface area contributed by atoms with Crippen LogP contribution < -0.4 is 11.1 Å². The molecule has 100 valence electrons. The summed E-state index contributed by atoms with van der Waals surface area (Å²) in [6.07, 6.45) is 0. The number of halogens is 1. The second kappa shape index (κ2) is 5.02. The smallest absolute Gasteiger partial charge is 0.291 e. The molecule has 5 heteroatoms. The largest absolute Gasteiger partial charge is 0.451 e. The van der Waals surface area contributed by atoms with Crippen molar-refractivity contribution in [1.82, 2.24) is 0 Å². The summed E-state index contributed by atoms with van der Waals surface area (Å²) in [6, 6.07) is 14.3. The normalized spacial score (nSPS) is 10.7. The number of amides is 1. The maximum Gasteiger partial charge on any atom is 0.291 e. The topological polar surface area (TPSA) is 68.3 Å². The zero-order valence-electron chi connectivity index (χ0n) is 10.4. The Morgan fingerprint density at radius 2 is 2.00 bits per heavy atom. The molecule has 2 aromatic carbocycles. The monoisotopic (exact) mass is 330 g/mol. The van der Waals surface area contributed by atoms with Crippen molar-refractivity contribution in [3.8, 4) is 0 Å². The molecule has 3 aromatic rings. The van der Waals surface area contributed by atoms with Gasteiger partial charge in [-0.15, -0.1) is 0 Å². The van der Waals surface area contributed by atoms with E-state index >= 15 is 0 Å². The molecule has 0 aliphatic heterocycles. The van der Waals surface area contributed by atoms with Gasteiger partial charge in [0.15, 0.2) is 5.76 Å². The van der Waals surface area contributed by atoms with E-state index in [0.717, 1.165) is 9.86 Å². The molecular weight excluding hydrogens is 320 g/mol. The average Bonchev–Trinajstić information content (AvgIpc) is 2.81. The van der Waals surface area contributed by atoms with Gasteiger partial charge in [0.2, 0.25) is 0 Å². The summed E-state index contributed by atoms with van der Waals surface area (Å²) in [6.45, 7) is 0. The zero-order chi connectivity index (χ0) is 14.1. The first-order valence-electron chi connectivity index (χ1n) is 5.98. The van der Waals surface area contributed by atoms with Crippen LogP contribution in [0.1, 0.15) is 10.6 Å². The van der Waals surface area contributed by atoms with Crippen LogP contribution in [-0.2, 0) is 0 Å². The minimum atomic E-state index is -0.294. The van der Waals surface area contributed by atoms with E-state index in [1.54, 1.807) is 24.3 Å². The van der Waals surface area contributed by atoms with E-state index in [1.165, 1.54) is 0 Å². The van der Waals surface area contributed by atoms with Crippen LogP contribution in [-0.4, -0.2) is 5.91 Å². The van der Waals surface area contributed by atoms with Gasteiger partial charge < -0.3 is 15.5 Å². The highest BCUT2D eigenvalue weighted by molar-refractivity contribution is 9.10. The Morgan fingerprint density at radius 3 is 2.80 bits per heavy atom. The lowest BCUT2D eigenvalue weighted by atomic mass is 10.2. The number of nitrogen functional groups attached to an aromatic ring is 1. The van der Waals surface area contributed by atoms with E-state index in [0.29, 0.717) is 17.0 Å². The third kappa shape index (κ3) is 2.53. The van der Waals surface area contributed by atoms with Crippen molar-refractivity contribution in [1.29, 1.82) is 0 Å². The van der Waals surface area contributed by atoms with Crippen molar-refractivity contribution in [3.05, 3.63) is 58.8 Å². The summed E-state index contributed by atoms with van der Waals surface area (Å²) in [5.74, 6) is -0.0385. The van der Waals surface area contributed by atoms with Crippen LogP contribution in [0.3, 0.4) is 0 Å². The number of hydrogen-bond donors (Lipinski definition) is 2. The molecule has 0 unspecified atom stereocenters. The predicted octanol–water partition coefficient (Wildman–Crippen LogP) is 4.03. The number of fused-ring (bicyclic) bond motifs is 1. The highest BCUT2D eigenvalue weighted by atomic mass is 79.9. The van der Waals surface area contributed by atoms with Crippen LogP contribution in [0.25, 0.3) is 11.0 Å². The number of carbonyl (C=O) groups is 1. The number of carbonyl (C=O) groups excluding carboxylic acids is 1. The second-order valence-electron chi connectivity index (χ2n) is 4.37. The Labute approximate surface area is 123 Å². The van der Waals surface area contributed by atoms with Gasteiger partial charge in [0.1, 0.15) is 5.58 Å². The summed E-state index contributed by atoms with van der Waals surface area (Å²) in [4.78, 5) is 12.1. The Morgan fingerprint density at radius 1 is 1.15 bits per heavy atom. The standard InChI is InChI=1S/C15H11BrN2O2/c16-10-2-1-3-12(8-10)18-15(19)14-7-9-6-11(17)4-5-13(9)20-14/h1-8H,17H2,(H,18,19). The van der Waals surface area contributed by atoms with Crippen molar-refractivity contribution in [2.45, 2.75) is 0 Å². The average molecular weight is 331 g/mol. The van der Waals surface area contributed by atoms with Gasteiger partial charge in [-0.3, -0.25) is 4.79 Å². The summed E-state index contributed by atoms with van der Waals surface area (Å²) in [5.41, 5.74) is 7.67. The van der Waals surface area contributed by atoms with Gasteiger partial charge in [0, 0.05) is 21.2 Å². The van der Waals surface area contributed by atoms with Gasteiger partial charge in [-0.25, -0.2) is 0 Å². The molecule has 0 saturated heterocycles. The molecule has 1 amide bonds. The molecule has 0 fully saturated rings. The number of furan rings is 1. The molecule has 0 atom stereocenters. The Kier molecular flexibility index (Phi) is 3.20. The first-order chi connectivity index (χ1) is 9.61. The lowest BCUT2D eigenvalue weighted by Gasteiger charge is -2.02. The molecule has 0 radical (unpaired) electrons. The minimum absolute atomic E-state index is 0.255. The second-order valence-corrected chi connectivity index (χ2v) is 5.29. The summed E-state index contributed by atoms with van der Waals surface area (Å²) in [5, 5.41) is 3.59. The van der Waals surface area contributed by atoms with Crippen LogP contribution in [0.2, 0.25) is 0 Å². The van der Waals surface area contributed by atoms with Gasteiger partial charge in [-0.2, -0.15) is 0 Å². The fourth-order valence-electron chi connectivity index (χ4n) is 1.93. The number of nitrogens with two attached hydrogens (primary N) is 1. The van der Waals surface area contributed by atoms with E-state index in [2.05, 4.69) is 21.2 Å². The van der Waals surface area contributed by atoms with E-state index < -0.39 is 0 Å². The molecule has 0 spiro atoms. The lowest BCUT2D eigenvalue weighted by Crippen LogP contribution is -2.10. The molecule has 3 N–H and O–H groups in total. The predicted molar refractivity (Wildman–Crippen MR) is 82.7 cm³/mol. The van der Waals surface area contributed by atoms with E-state index in [4.69, 9.17) is 10.2 Å². The number of hydrogen-bond acceptors (Lipinski definition) is 3. The van der Waals surface area contributed by atoms with Crippen LogP contribution in [0.4, 0.5) is 11.4 Å². The van der Waals surface area contributed by atoms with Crippen molar-refractivity contribution in [2.75, 3.05) is 11.1 Å². The number of benzene rings is 2. The maximum atomic E-state index is 12.1. The Hall–Kier alpha value is -2.27. The van der Waals surface area contributed by atoms with Crippen LogP contribution >= 0.6 is 15.9 Å². The quantitative estimate of drug-likeness (QED) is 0.697. The molecule has 0 aliphatic carbocycles. The van der Waals surface area contributed by atoms with E-state index in [9.17, 15) is 4.79 Å². The summed E-state index contributed by atoms with van der Waals surface area (Å²) in [7, 11) is 0. The Balaban J connectivity index is 1.88. The molecule has 3 rings (SSSR count). The molecule has 1 aromatic heterocycles. The number of anilines is 2. The molecule has 4 nitrogen and oxygen atoms in total. The summed E-state index contributed by atoms with van der Waals surface area (Å²) < 4.78 is 6.40. The third-order valence-electron chi connectivity index (χ3n) is 2.85. The molecule has 0 aliphatic rings. The van der Waals surface area contributed by atoms with Crippen molar-refractivity contribution >= 4 is 44.2 Å². The SMILES string of the molecule is Nc1ccc2oc(C(=O)Nc3cccc(Br)c3)cc2c1. The van der Waals surface area contributed by atoms with Gasteiger partial charge in [-0.1, -0.05) is 22.0 Å². The molecule has 0 bridgehead atoms. The third-order valence-corrected chi connectivity index (χ3v) is 3.34. The first-order valence-corrected chi connectivity index (χ1v) is 6.77. The maximum absolute atomic E-state index is 12.1. The van der Waals surface area contributed by atoms with Crippen LogP contribution in [0, 0.1) is 0 Å². The minimum Gasteiger partial charge on any atom is -0.451 e. The van der Waals surface area contributed by atoms with Crippen molar-refractivity contribution < 1.29 is 9.21 Å². The van der Waals surface area contributed by atoms with Gasteiger partial charge in [0.25, 0.3) is 5.91 Å². The van der Waals surface area contributed by atoms with Crippen LogP contribution in [0.5, 0.6) is 0 Å². The fraction of sp³-hybridized carbons (Fsp3) is 0. The van der Waals surface area contributed by atoms with Gasteiger partial charge in [0.05, 0.1) is 0 Å². The summed E-state index contributed by atoms with van der Waals surface area (Å²) >= 11 is 3.36. The number of nitrogens with one attached hydrogen (secondary N) is 1. The number of rotatable bonds is 2. The first kappa shape index (κ1) is 12.7. The van der Waals surface area contributed by atoms with E-state index in [1.807, 2.05) is 24.3 Å². The van der Waals surface area contributed by atoms with Crippen molar-refractivity contribution in [2.24, 2.45) is 0 Å². The Bertz CT molecular complexity index is 795. The highest BCUT2D eigenvalue weighted by Crippen LogP contribution is 2.23. The molecule has 0 saturated carbocycles. The highest BCUT2D eigenvalue weighted by Gasteiger charge is 2.12. The zero-order valence-corrected chi connectivity index (χ0v) is 12.0. The molecule has 1 heterocycles. The van der Waals surface area contributed by atoms with Crippen LogP contribution in [0.15, 0.2) is 57.4 Å². The van der Waals surface area contributed by atoms with Crippen molar-refractivity contribution in [3.63, 3.8) is 0 Å². The van der Waals surface area contributed by atoms with E-state index in [-0.39, 0.29) is 11.7 Å². The molecule has 20 heavy (non-hydrogen) atoms. The lowest BCUT2D eigenvalue weighted by molar-refractivity contribution is 0.0998. The molecular formula is C15H11BrN2O2.